The molecule has 1 N–H and O–H groups in total. The van der Waals surface area contributed by atoms with Crippen molar-refractivity contribution in [2.45, 2.75) is 32.6 Å². The Labute approximate surface area is 181 Å². The minimum Gasteiger partial charge on any atom is -0.339 e. The summed E-state index contributed by atoms with van der Waals surface area (Å²) >= 11 is 0. The van der Waals surface area contributed by atoms with Crippen molar-refractivity contribution in [3.05, 3.63) is 65.8 Å². The number of aromatic nitrogens is 2. The predicted octanol–water partition coefficient (Wildman–Crippen LogP) is 4.47. The summed E-state index contributed by atoms with van der Waals surface area (Å²) in [5, 5.41) is 6.99. The fraction of sp³-hybridized carbons (Fsp3) is 0.375. The number of benzene rings is 2. The number of anilines is 1. The van der Waals surface area contributed by atoms with Crippen LogP contribution in [-0.2, 0) is 11.2 Å². The molecule has 6 nitrogen and oxygen atoms in total. The van der Waals surface area contributed by atoms with Gasteiger partial charge in [-0.15, -0.1) is 0 Å². The molecule has 0 spiro atoms. The molecule has 0 aliphatic carbocycles. The lowest BCUT2D eigenvalue weighted by Crippen LogP contribution is -2.41. The molecule has 1 aromatic heterocycles. The van der Waals surface area contributed by atoms with Gasteiger partial charge in [0.2, 0.25) is 17.6 Å². The minimum absolute atomic E-state index is 0.000368. The third kappa shape index (κ3) is 5.55. The van der Waals surface area contributed by atoms with Crippen LogP contribution in [0.4, 0.5) is 10.1 Å². The topological polar surface area (TPSA) is 71.3 Å². The van der Waals surface area contributed by atoms with Crippen LogP contribution in [0.1, 0.15) is 30.7 Å². The molecule has 4 rings (SSSR count). The van der Waals surface area contributed by atoms with Crippen molar-refractivity contribution in [1.82, 2.24) is 15.0 Å². The summed E-state index contributed by atoms with van der Waals surface area (Å²) in [6, 6.07) is 14.5. The van der Waals surface area contributed by atoms with Crippen LogP contribution in [0.5, 0.6) is 0 Å². The highest BCUT2D eigenvalue weighted by atomic mass is 19.1. The highest BCUT2D eigenvalue weighted by Crippen LogP contribution is 2.21. The predicted molar refractivity (Wildman–Crippen MR) is 117 cm³/mol. The van der Waals surface area contributed by atoms with Crippen molar-refractivity contribution in [2.24, 2.45) is 5.92 Å². The number of aryl methyl sites for hydroxylation is 2. The van der Waals surface area contributed by atoms with Crippen LogP contribution >= 0.6 is 0 Å². The van der Waals surface area contributed by atoms with Crippen molar-refractivity contribution in [2.75, 3.05) is 25.0 Å². The highest BCUT2D eigenvalue weighted by Gasteiger charge is 2.25. The van der Waals surface area contributed by atoms with Gasteiger partial charge in [0.05, 0.1) is 5.92 Å². The number of amides is 1. The molecule has 0 saturated carbocycles. The maximum atomic E-state index is 13.8. The van der Waals surface area contributed by atoms with Crippen molar-refractivity contribution < 1.29 is 13.7 Å². The van der Waals surface area contributed by atoms with Crippen LogP contribution in [0.2, 0.25) is 0 Å². The van der Waals surface area contributed by atoms with Gasteiger partial charge in [0.15, 0.2) is 0 Å². The van der Waals surface area contributed by atoms with Crippen LogP contribution in [0, 0.1) is 18.7 Å². The van der Waals surface area contributed by atoms with Crippen LogP contribution in [-0.4, -0.2) is 40.6 Å². The van der Waals surface area contributed by atoms with Gasteiger partial charge < -0.3 is 14.7 Å². The smallest absolute Gasteiger partial charge is 0.228 e. The van der Waals surface area contributed by atoms with Gasteiger partial charge in [-0.25, -0.2) is 4.39 Å². The zero-order valence-electron chi connectivity index (χ0n) is 17.7. The van der Waals surface area contributed by atoms with E-state index in [1.807, 2.05) is 30.3 Å². The van der Waals surface area contributed by atoms with Crippen molar-refractivity contribution >= 4 is 11.6 Å². The first-order valence-electron chi connectivity index (χ1n) is 10.8. The van der Waals surface area contributed by atoms with E-state index in [1.54, 1.807) is 19.1 Å². The fourth-order valence-corrected chi connectivity index (χ4v) is 3.90. The molecule has 0 bridgehead atoms. The van der Waals surface area contributed by atoms with Crippen LogP contribution < -0.4 is 5.32 Å². The van der Waals surface area contributed by atoms with Gasteiger partial charge in [0.1, 0.15) is 5.82 Å². The number of nitrogens with one attached hydrogen (secondary N) is 1. The van der Waals surface area contributed by atoms with Gasteiger partial charge >= 0.3 is 0 Å². The van der Waals surface area contributed by atoms with E-state index < -0.39 is 0 Å². The minimum atomic E-state index is -0.278. The molecule has 1 aliphatic heterocycles. The number of carbonyl (C=O) groups excluding carboxylic acids is 1. The Morgan fingerprint density at radius 3 is 2.90 bits per heavy atom. The largest absolute Gasteiger partial charge is 0.339 e. The lowest BCUT2D eigenvalue weighted by atomic mass is 9.96. The molecule has 0 radical (unpaired) electrons. The van der Waals surface area contributed by atoms with E-state index in [-0.39, 0.29) is 17.6 Å². The van der Waals surface area contributed by atoms with Crippen LogP contribution in [0.15, 0.2) is 53.1 Å². The Morgan fingerprint density at radius 1 is 1.26 bits per heavy atom. The average Bonchev–Trinajstić information content (AvgIpc) is 3.25. The maximum absolute atomic E-state index is 13.8. The molecule has 7 heteroatoms. The lowest BCUT2D eigenvalue weighted by Gasteiger charge is -2.31. The highest BCUT2D eigenvalue weighted by molar-refractivity contribution is 5.92. The molecule has 1 unspecified atom stereocenters. The van der Waals surface area contributed by atoms with Gasteiger partial charge in [-0.1, -0.05) is 35.5 Å². The SMILES string of the molecule is Cc1ccc(-c2noc(CCCN3CCCC(C(=O)Nc4ccccc4)C3)n2)cc1F. The Bertz CT molecular complexity index is 1020. The van der Waals surface area contributed by atoms with E-state index in [1.165, 1.54) is 6.07 Å². The van der Waals surface area contributed by atoms with Crippen LogP contribution in [0.3, 0.4) is 0 Å². The van der Waals surface area contributed by atoms with Gasteiger partial charge in [-0.3, -0.25) is 4.79 Å². The second kappa shape index (κ2) is 9.83. The van der Waals surface area contributed by atoms with Gasteiger partial charge in [-0.2, -0.15) is 4.98 Å². The van der Waals surface area contributed by atoms with E-state index in [0.717, 1.165) is 44.6 Å². The number of hydrogen-bond acceptors (Lipinski definition) is 5. The van der Waals surface area contributed by atoms with Gasteiger partial charge in [0.25, 0.3) is 0 Å². The number of rotatable bonds is 7. The molecule has 2 heterocycles. The zero-order chi connectivity index (χ0) is 21.6. The molecule has 1 saturated heterocycles. The fourth-order valence-electron chi connectivity index (χ4n) is 3.90. The number of carbonyl (C=O) groups is 1. The normalized spacial score (nSPS) is 16.9. The first-order chi connectivity index (χ1) is 15.1. The third-order valence-corrected chi connectivity index (χ3v) is 5.68. The summed E-state index contributed by atoms with van der Waals surface area (Å²) < 4.78 is 19.1. The number of halogens is 1. The maximum Gasteiger partial charge on any atom is 0.228 e. The number of para-hydroxylation sites is 1. The van der Waals surface area contributed by atoms with E-state index in [4.69, 9.17) is 4.52 Å². The molecule has 2 aromatic carbocycles. The number of piperidine rings is 1. The van der Waals surface area contributed by atoms with E-state index >= 15 is 0 Å². The van der Waals surface area contributed by atoms with Crippen molar-refractivity contribution in [1.29, 1.82) is 0 Å². The quantitative estimate of drug-likeness (QED) is 0.608. The monoisotopic (exact) mass is 422 g/mol. The second-order valence-electron chi connectivity index (χ2n) is 8.07. The zero-order valence-corrected chi connectivity index (χ0v) is 17.7. The molecule has 1 fully saturated rings. The first kappa shape index (κ1) is 21.2. The van der Waals surface area contributed by atoms with E-state index in [0.29, 0.717) is 29.3 Å². The molecule has 1 aliphatic rings. The summed E-state index contributed by atoms with van der Waals surface area (Å²) in [4.78, 5) is 19.3. The molecule has 1 amide bonds. The molecule has 162 valence electrons. The van der Waals surface area contributed by atoms with Crippen LogP contribution in [0.25, 0.3) is 11.4 Å². The Hall–Kier alpha value is -3.06. The van der Waals surface area contributed by atoms with Gasteiger partial charge in [0, 0.05) is 24.2 Å². The number of likely N-dealkylation sites (tertiary alicyclic amines) is 1. The summed E-state index contributed by atoms with van der Waals surface area (Å²) in [6.45, 7) is 4.34. The first-order valence-corrected chi connectivity index (χ1v) is 10.8. The molecule has 31 heavy (non-hydrogen) atoms. The molecule has 1 atom stereocenters. The Balaban J connectivity index is 1.25. The summed E-state index contributed by atoms with van der Waals surface area (Å²) in [6.07, 6.45) is 3.43. The number of nitrogens with zero attached hydrogens (tertiary/aromatic N) is 3. The molecule has 3 aromatic rings. The lowest BCUT2D eigenvalue weighted by molar-refractivity contribution is -0.121. The van der Waals surface area contributed by atoms with E-state index in [2.05, 4.69) is 20.4 Å². The average molecular weight is 423 g/mol. The molecular weight excluding hydrogens is 395 g/mol. The second-order valence-corrected chi connectivity index (χ2v) is 8.07. The van der Waals surface area contributed by atoms with Gasteiger partial charge in [-0.05, 0) is 63.0 Å². The van der Waals surface area contributed by atoms with Crippen molar-refractivity contribution in [3.8, 4) is 11.4 Å². The summed E-state index contributed by atoms with van der Waals surface area (Å²) in [5.74, 6) is 0.763. The molecular formula is C24H27FN4O2. The Morgan fingerprint density at radius 2 is 2.10 bits per heavy atom. The third-order valence-electron chi connectivity index (χ3n) is 5.68. The Kier molecular flexibility index (Phi) is 6.72. The summed E-state index contributed by atoms with van der Waals surface area (Å²) in [5.41, 5.74) is 2.04. The standard InChI is InChI=1S/C24H27FN4O2/c1-17-11-12-18(15-21(17)25)23-27-22(31-28-23)10-6-14-29-13-5-7-19(16-29)24(30)26-20-8-3-2-4-9-20/h2-4,8-9,11-12,15,19H,5-7,10,13-14,16H2,1H3,(H,26,30). The number of hydrogen-bond donors (Lipinski definition) is 1. The van der Waals surface area contributed by atoms with Crippen molar-refractivity contribution in [3.63, 3.8) is 0 Å². The van der Waals surface area contributed by atoms with E-state index in [9.17, 15) is 9.18 Å². The summed E-state index contributed by atoms with van der Waals surface area (Å²) in [7, 11) is 0.